The zero-order chi connectivity index (χ0) is 14.3. The lowest BCUT2D eigenvalue weighted by atomic mass is 10.2. The van der Waals surface area contributed by atoms with Crippen molar-refractivity contribution in [2.45, 2.75) is 19.4 Å². The highest BCUT2D eigenvalue weighted by Gasteiger charge is 2.15. The molecule has 1 aromatic carbocycles. The highest BCUT2D eigenvalue weighted by atomic mass is 16.5. The van der Waals surface area contributed by atoms with E-state index in [1.54, 1.807) is 44.4 Å². The second-order valence-electron chi connectivity index (χ2n) is 3.91. The molecule has 0 unspecified atom stereocenters. The van der Waals surface area contributed by atoms with Crippen molar-refractivity contribution in [2.75, 3.05) is 7.11 Å². The number of amides is 1. The molecular weight excluding hydrogens is 246 g/mol. The van der Waals surface area contributed by atoms with Crippen LogP contribution in [0.4, 0.5) is 0 Å². The second-order valence-corrected chi connectivity index (χ2v) is 3.91. The third-order valence-corrected chi connectivity index (χ3v) is 2.57. The highest BCUT2D eigenvalue weighted by molar-refractivity contribution is 5.94. The minimum Gasteiger partial charge on any atom is -0.497 e. The van der Waals surface area contributed by atoms with Crippen molar-refractivity contribution >= 4 is 18.0 Å². The van der Waals surface area contributed by atoms with E-state index in [1.807, 2.05) is 0 Å². The summed E-state index contributed by atoms with van der Waals surface area (Å²) in [4.78, 5) is 22.3. The van der Waals surface area contributed by atoms with Crippen LogP contribution in [-0.2, 0) is 9.59 Å². The van der Waals surface area contributed by atoms with Crippen molar-refractivity contribution in [2.24, 2.45) is 0 Å². The highest BCUT2D eigenvalue weighted by Crippen LogP contribution is 2.12. The number of benzene rings is 1. The minimum absolute atomic E-state index is 0.345. The summed E-state index contributed by atoms with van der Waals surface area (Å²) in [7, 11) is 1.58. The number of rotatable bonds is 6. The Morgan fingerprint density at radius 1 is 1.37 bits per heavy atom. The van der Waals surface area contributed by atoms with Gasteiger partial charge in [-0.05, 0) is 30.2 Å². The molecule has 0 aliphatic carbocycles. The molecule has 102 valence electrons. The lowest BCUT2D eigenvalue weighted by Gasteiger charge is -2.09. The monoisotopic (exact) mass is 263 g/mol. The summed E-state index contributed by atoms with van der Waals surface area (Å²) in [6.07, 6.45) is 3.27. The second kappa shape index (κ2) is 7.20. The molecule has 0 aliphatic heterocycles. The summed E-state index contributed by atoms with van der Waals surface area (Å²) in [6.45, 7) is 1.70. The first kappa shape index (κ1) is 14.8. The first-order valence-electron chi connectivity index (χ1n) is 5.92. The maximum absolute atomic E-state index is 11.5. The van der Waals surface area contributed by atoms with Crippen LogP contribution in [0.3, 0.4) is 0 Å². The molecule has 0 spiro atoms. The van der Waals surface area contributed by atoms with Gasteiger partial charge >= 0.3 is 5.97 Å². The summed E-state index contributed by atoms with van der Waals surface area (Å²) in [5.74, 6) is -0.725. The zero-order valence-corrected chi connectivity index (χ0v) is 10.9. The maximum atomic E-state index is 11.5. The fourth-order valence-corrected chi connectivity index (χ4v) is 1.45. The standard InChI is InChI=1S/C14H17NO4/c1-3-12(14(17)18)15-13(16)9-6-10-4-7-11(19-2)8-5-10/h4-9,12H,3H2,1-2H3,(H,15,16)(H,17,18)/b9-6+/t12-/m0/s1. The lowest BCUT2D eigenvalue weighted by molar-refractivity contribution is -0.141. The predicted molar refractivity (Wildman–Crippen MR) is 71.9 cm³/mol. The number of carbonyl (C=O) groups excluding carboxylic acids is 1. The van der Waals surface area contributed by atoms with Gasteiger partial charge in [0.2, 0.25) is 5.91 Å². The number of hydrogen-bond acceptors (Lipinski definition) is 3. The Kier molecular flexibility index (Phi) is 5.60. The first-order chi connectivity index (χ1) is 9.06. The summed E-state index contributed by atoms with van der Waals surface area (Å²) in [5.41, 5.74) is 0.833. The Labute approximate surface area is 111 Å². The van der Waals surface area contributed by atoms with E-state index < -0.39 is 17.9 Å². The minimum atomic E-state index is -1.03. The molecule has 5 heteroatoms. The quantitative estimate of drug-likeness (QED) is 0.766. The van der Waals surface area contributed by atoms with E-state index in [4.69, 9.17) is 9.84 Å². The van der Waals surface area contributed by atoms with E-state index in [0.29, 0.717) is 6.42 Å². The largest absolute Gasteiger partial charge is 0.497 e. The Hall–Kier alpha value is -2.30. The average molecular weight is 263 g/mol. The fourth-order valence-electron chi connectivity index (χ4n) is 1.45. The van der Waals surface area contributed by atoms with E-state index in [9.17, 15) is 9.59 Å². The first-order valence-corrected chi connectivity index (χ1v) is 5.92. The molecule has 0 aromatic heterocycles. The Morgan fingerprint density at radius 3 is 2.47 bits per heavy atom. The Balaban J connectivity index is 2.59. The van der Waals surface area contributed by atoms with Gasteiger partial charge in [-0.2, -0.15) is 0 Å². The molecule has 2 N–H and O–H groups in total. The number of hydrogen-bond donors (Lipinski definition) is 2. The molecule has 1 amide bonds. The van der Waals surface area contributed by atoms with Crippen LogP contribution < -0.4 is 10.1 Å². The topological polar surface area (TPSA) is 75.6 Å². The van der Waals surface area contributed by atoms with Crippen LogP contribution in [0.2, 0.25) is 0 Å². The van der Waals surface area contributed by atoms with Gasteiger partial charge in [0.05, 0.1) is 7.11 Å². The van der Waals surface area contributed by atoms with Gasteiger partial charge in [-0.25, -0.2) is 4.79 Å². The third-order valence-electron chi connectivity index (χ3n) is 2.57. The van der Waals surface area contributed by atoms with E-state index >= 15 is 0 Å². The zero-order valence-electron chi connectivity index (χ0n) is 10.9. The molecule has 0 aliphatic rings. The third kappa shape index (κ3) is 4.83. The molecular formula is C14H17NO4. The normalized spacial score (nSPS) is 12.1. The molecule has 0 fully saturated rings. The number of ether oxygens (including phenoxy) is 1. The smallest absolute Gasteiger partial charge is 0.326 e. The van der Waals surface area contributed by atoms with Gasteiger partial charge in [0, 0.05) is 6.08 Å². The van der Waals surface area contributed by atoms with Crippen molar-refractivity contribution in [1.29, 1.82) is 0 Å². The van der Waals surface area contributed by atoms with E-state index in [-0.39, 0.29) is 0 Å². The summed E-state index contributed by atoms with van der Waals surface area (Å²) in [6, 6.07) is 6.31. The summed E-state index contributed by atoms with van der Waals surface area (Å²) < 4.78 is 5.02. The Morgan fingerprint density at radius 2 is 2.00 bits per heavy atom. The van der Waals surface area contributed by atoms with Crippen molar-refractivity contribution in [1.82, 2.24) is 5.32 Å². The van der Waals surface area contributed by atoms with E-state index in [1.165, 1.54) is 6.08 Å². The van der Waals surface area contributed by atoms with E-state index in [0.717, 1.165) is 11.3 Å². The maximum Gasteiger partial charge on any atom is 0.326 e. The molecule has 1 rings (SSSR count). The molecule has 0 saturated heterocycles. The van der Waals surface area contributed by atoms with Gasteiger partial charge < -0.3 is 15.2 Å². The van der Waals surface area contributed by atoms with E-state index in [2.05, 4.69) is 5.32 Å². The molecule has 1 atom stereocenters. The number of carboxylic acids is 1. The van der Waals surface area contributed by atoms with Crippen molar-refractivity contribution in [3.63, 3.8) is 0 Å². The van der Waals surface area contributed by atoms with Crippen LogP contribution in [0.1, 0.15) is 18.9 Å². The van der Waals surface area contributed by atoms with Gasteiger partial charge in [0.15, 0.2) is 0 Å². The van der Waals surface area contributed by atoms with Crippen LogP contribution in [0.5, 0.6) is 5.75 Å². The van der Waals surface area contributed by atoms with Crippen LogP contribution in [-0.4, -0.2) is 30.1 Å². The van der Waals surface area contributed by atoms with Crippen LogP contribution in [0.25, 0.3) is 6.08 Å². The number of methoxy groups -OCH3 is 1. The van der Waals surface area contributed by atoms with Gasteiger partial charge in [-0.3, -0.25) is 4.79 Å². The molecule has 0 bridgehead atoms. The summed E-state index contributed by atoms with van der Waals surface area (Å²) in [5, 5.41) is 11.2. The average Bonchev–Trinajstić information content (AvgIpc) is 2.42. The van der Waals surface area contributed by atoms with Crippen molar-refractivity contribution in [3.05, 3.63) is 35.9 Å². The van der Waals surface area contributed by atoms with Gasteiger partial charge in [-0.1, -0.05) is 19.1 Å². The Bertz CT molecular complexity index is 465. The van der Waals surface area contributed by atoms with Crippen molar-refractivity contribution in [3.8, 4) is 5.75 Å². The predicted octanol–water partition coefficient (Wildman–Crippen LogP) is 1.69. The molecule has 0 heterocycles. The molecule has 0 saturated carbocycles. The lowest BCUT2D eigenvalue weighted by Crippen LogP contribution is -2.39. The van der Waals surface area contributed by atoms with Crippen LogP contribution in [0.15, 0.2) is 30.3 Å². The SMILES string of the molecule is CC[C@H](NC(=O)/C=C/c1ccc(OC)cc1)C(=O)O. The fraction of sp³-hybridized carbons (Fsp3) is 0.286. The number of aliphatic carboxylic acids is 1. The van der Waals surface area contributed by atoms with Gasteiger partial charge in [-0.15, -0.1) is 0 Å². The number of carbonyl (C=O) groups is 2. The summed E-state index contributed by atoms with van der Waals surface area (Å²) >= 11 is 0. The number of nitrogens with one attached hydrogen (secondary N) is 1. The molecule has 5 nitrogen and oxygen atoms in total. The molecule has 19 heavy (non-hydrogen) atoms. The molecule has 1 aromatic rings. The van der Waals surface area contributed by atoms with Gasteiger partial charge in [0.25, 0.3) is 0 Å². The van der Waals surface area contributed by atoms with Crippen LogP contribution in [0, 0.1) is 0 Å². The molecule has 0 radical (unpaired) electrons. The number of carboxylic acid groups (broad SMARTS) is 1. The van der Waals surface area contributed by atoms with Gasteiger partial charge in [0.1, 0.15) is 11.8 Å². The van der Waals surface area contributed by atoms with Crippen molar-refractivity contribution < 1.29 is 19.4 Å². The van der Waals surface area contributed by atoms with Crippen LogP contribution >= 0.6 is 0 Å².